The first kappa shape index (κ1) is 11.0. The van der Waals surface area contributed by atoms with Gasteiger partial charge in [-0.05, 0) is 0 Å². The Balaban J connectivity index is 0. The first-order chi connectivity index (χ1) is 4.50. The molecule has 0 saturated carbocycles. The Morgan fingerprint density at radius 2 is 2.10 bits per heavy atom. The van der Waals surface area contributed by atoms with Crippen LogP contribution in [0.3, 0.4) is 0 Å². The minimum absolute atomic E-state index is 0.197. The van der Waals surface area contributed by atoms with E-state index in [4.69, 9.17) is 31.7 Å². The lowest BCUT2D eigenvalue weighted by Gasteiger charge is -1.74. The molecule has 0 rings (SSSR count). The quantitative estimate of drug-likeness (QED) is 0.115. The minimum atomic E-state index is -1.75. The monoisotopic (exact) mass is 147 g/mol. The van der Waals surface area contributed by atoms with Crippen LogP contribution in [0.1, 0.15) is 0 Å². The lowest BCUT2D eigenvalue weighted by Crippen LogP contribution is -2.85. The molecule has 0 atom stereocenters. The number of hydrogen-bond acceptors (Lipinski definition) is 5. The van der Waals surface area contributed by atoms with Crippen molar-refractivity contribution >= 4 is 5.96 Å². The van der Waals surface area contributed by atoms with Gasteiger partial charge in [0, 0.05) is 0 Å². The van der Waals surface area contributed by atoms with Crippen molar-refractivity contribution < 1.29 is 10.4 Å². The Hall–Kier alpha value is -1.88. The fraction of sp³-hybridized carbons (Fsp3) is 0. The third-order valence-corrected chi connectivity index (χ3v) is 0.220. The Morgan fingerprint density at radius 3 is 2.10 bits per heavy atom. The largest absolute Gasteiger partial charge is 0.356 e. The average molecular weight is 147 g/mol. The molecule has 0 aromatic carbocycles. The Morgan fingerprint density at radius 1 is 1.80 bits per heavy atom. The molecule has 0 fully saturated rings. The summed E-state index contributed by atoms with van der Waals surface area (Å²) in [5.41, 5.74) is 4.71. The Bertz CT molecular complexity index is 155. The Labute approximate surface area is 55.5 Å². The maximum absolute atomic E-state index is 8.25. The van der Waals surface area contributed by atoms with Crippen LogP contribution in [0.4, 0.5) is 0 Å². The van der Waals surface area contributed by atoms with Gasteiger partial charge in [0.15, 0.2) is 0 Å². The molecule has 0 aromatic rings. The molecule has 5 N–H and O–H groups in total. The standard InChI is InChI=1S/C2H4N4.NO3/c3-1-6-2(4)5;2-1(3)4/h(H4,4,5,6);/q;-1/p+1. The van der Waals surface area contributed by atoms with Crippen molar-refractivity contribution in [2.45, 2.75) is 0 Å². The van der Waals surface area contributed by atoms with Gasteiger partial charge in [-0.1, -0.05) is 0 Å². The summed E-state index contributed by atoms with van der Waals surface area (Å²) in [5.74, 6) is -0.197. The molecule has 56 valence electrons. The molecular weight excluding hydrogens is 142 g/mol. The van der Waals surface area contributed by atoms with Gasteiger partial charge in [0.1, 0.15) is 0 Å². The summed E-state index contributed by atoms with van der Waals surface area (Å²) in [6.07, 6.45) is 1.59. The lowest BCUT2D eigenvalue weighted by atomic mass is 11.0. The topological polar surface area (TPSA) is 156 Å². The van der Waals surface area contributed by atoms with Gasteiger partial charge in [-0.3, -0.25) is 0 Å². The molecule has 0 aromatic heterocycles. The van der Waals surface area contributed by atoms with E-state index in [1.165, 1.54) is 0 Å². The van der Waals surface area contributed by atoms with Crippen LogP contribution in [0.2, 0.25) is 0 Å². The fourth-order valence-corrected chi connectivity index (χ4v) is 0.0695. The van der Waals surface area contributed by atoms with Crippen LogP contribution in [0, 0.1) is 32.2 Å². The summed E-state index contributed by atoms with van der Waals surface area (Å²) >= 11 is 0. The van der Waals surface area contributed by atoms with Crippen LogP contribution in [0.5, 0.6) is 0 Å². The van der Waals surface area contributed by atoms with Crippen LogP contribution < -0.4 is 11.1 Å². The summed E-state index contributed by atoms with van der Waals surface area (Å²) < 4.78 is 0. The summed E-state index contributed by atoms with van der Waals surface area (Å²) in [7, 11) is 0. The zero-order valence-corrected chi connectivity index (χ0v) is 4.77. The van der Waals surface area contributed by atoms with Gasteiger partial charge in [-0.15, -0.1) is 5.26 Å². The van der Waals surface area contributed by atoms with Gasteiger partial charge in [-0.2, -0.15) is 5.32 Å². The maximum atomic E-state index is 8.25. The molecule has 0 aliphatic heterocycles. The average Bonchev–Trinajstić information content (AvgIpc) is 1.62. The van der Waals surface area contributed by atoms with E-state index in [9.17, 15) is 0 Å². The molecule has 10 heavy (non-hydrogen) atoms. The molecular formula is C2H5N5O3. The van der Waals surface area contributed by atoms with E-state index in [1.54, 1.807) is 6.19 Å². The van der Waals surface area contributed by atoms with E-state index < -0.39 is 5.09 Å². The smallest absolute Gasteiger partial charge is 0.313 e. The van der Waals surface area contributed by atoms with Gasteiger partial charge in [-0.25, -0.2) is 5.41 Å². The second-order valence-corrected chi connectivity index (χ2v) is 0.952. The molecule has 0 aliphatic rings. The van der Waals surface area contributed by atoms with Crippen molar-refractivity contribution in [3.05, 3.63) is 15.3 Å². The molecule has 8 heteroatoms. The van der Waals surface area contributed by atoms with E-state index in [0.29, 0.717) is 0 Å². The first-order valence-electron chi connectivity index (χ1n) is 1.89. The van der Waals surface area contributed by atoms with E-state index >= 15 is 0 Å². The van der Waals surface area contributed by atoms with Gasteiger partial charge in [0.2, 0.25) is 0 Å². The fourth-order valence-electron chi connectivity index (χ4n) is 0.0695. The number of nitrogens with two attached hydrogens (primary N) is 2. The zero-order valence-electron chi connectivity index (χ0n) is 4.77. The van der Waals surface area contributed by atoms with Crippen LogP contribution in [-0.2, 0) is 0 Å². The third kappa shape index (κ3) is 128. The number of nitrogens with one attached hydrogen (secondary N) is 1. The molecule has 0 amide bonds. The van der Waals surface area contributed by atoms with Crippen LogP contribution in [-0.4, -0.2) is 11.0 Å². The van der Waals surface area contributed by atoms with E-state index in [2.05, 4.69) is 0 Å². The molecule has 0 bridgehead atoms. The van der Waals surface area contributed by atoms with E-state index in [0.717, 1.165) is 5.32 Å². The summed E-state index contributed by atoms with van der Waals surface area (Å²) in [6.45, 7) is 0. The van der Waals surface area contributed by atoms with Crippen molar-refractivity contribution in [1.29, 1.82) is 10.7 Å². The van der Waals surface area contributed by atoms with Crippen molar-refractivity contribution in [1.82, 2.24) is 0 Å². The van der Waals surface area contributed by atoms with Crippen molar-refractivity contribution in [3.63, 3.8) is 0 Å². The summed E-state index contributed by atoms with van der Waals surface area (Å²) in [4.78, 5) is 8.25. The molecule has 0 saturated heterocycles. The second-order valence-electron chi connectivity index (χ2n) is 0.952. The van der Waals surface area contributed by atoms with Gasteiger partial charge >= 0.3 is 12.2 Å². The molecule has 0 heterocycles. The normalized spacial score (nSPS) is 6.30. The molecule has 0 spiro atoms. The highest BCUT2D eigenvalue weighted by molar-refractivity contribution is 5.63. The second kappa shape index (κ2) is 7.12. The van der Waals surface area contributed by atoms with Crippen LogP contribution >= 0.6 is 0 Å². The van der Waals surface area contributed by atoms with E-state index in [1.807, 2.05) is 0 Å². The van der Waals surface area contributed by atoms with Gasteiger partial charge < -0.3 is 21.1 Å². The number of hydrogen-bond donors (Lipinski definition) is 3. The predicted molar refractivity (Wildman–Crippen MR) is 29.8 cm³/mol. The van der Waals surface area contributed by atoms with E-state index in [-0.39, 0.29) is 5.96 Å². The number of rotatable bonds is 0. The van der Waals surface area contributed by atoms with Crippen molar-refractivity contribution in [2.24, 2.45) is 5.73 Å². The lowest BCUT2D eigenvalue weighted by molar-refractivity contribution is -0.445. The van der Waals surface area contributed by atoms with Crippen molar-refractivity contribution in [3.8, 4) is 6.19 Å². The van der Waals surface area contributed by atoms with Crippen LogP contribution in [0.25, 0.3) is 0 Å². The molecule has 8 nitrogen and oxygen atoms in total. The number of nitriles is 1. The maximum Gasteiger partial charge on any atom is 0.313 e. The Kier molecular flexibility index (Phi) is 7.83. The summed E-state index contributed by atoms with van der Waals surface area (Å²) in [6, 6.07) is 0. The number of quaternary nitrogens is 1. The zero-order chi connectivity index (χ0) is 8.57. The highest BCUT2D eigenvalue weighted by atomic mass is 16.9. The molecule has 0 radical (unpaired) electrons. The third-order valence-electron chi connectivity index (χ3n) is 0.220. The SMILES string of the molecule is N#C[NH2+]C(=N)N.O=[N+]([O-])[O-]. The highest BCUT2D eigenvalue weighted by Gasteiger charge is 1.82. The minimum Gasteiger partial charge on any atom is -0.356 e. The van der Waals surface area contributed by atoms with Crippen LogP contribution in [0.15, 0.2) is 0 Å². The molecule has 0 unspecified atom stereocenters. The predicted octanol–water partition coefficient (Wildman–Crippen LogP) is -2.31. The molecule has 0 aliphatic carbocycles. The highest BCUT2D eigenvalue weighted by Crippen LogP contribution is 1.44. The van der Waals surface area contributed by atoms with Gasteiger partial charge in [0.25, 0.3) is 0 Å². The number of guanidine groups is 1. The van der Waals surface area contributed by atoms with Gasteiger partial charge in [0.05, 0.1) is 5.09 Å². The number of nitrogens with zero attached hydrogens (tertiary/aromatic N) is 2. The first-order valence-corrected chi connectivity index (χ1v) is 1.89. The van der Waals surface area contributed by atoms with Crippen molar-refractivity contribution in [2.75, 3.05) is 0 Å². The summed E-state index contributed by atoms with van der Waals surface area (Å²) in [5, 5.41) is 29.8.